The van der Waals surface area contributed by atoms with Crippen LogP contribution in [0.25, 0.3) is 0 Å². The van der Waals surface area contributed by atoms with E-state index in [2.05, 4.69) is 12.8 Å². The molecule has 0 spiro atoms. The number of hydrogen-bond donors (Lipinski definition) is 0. The van der Waals surface area contributed by atoms with Gasteiger partial charge in [-0.3, -0.25) is 0 Å². The maximum atomic E-state index is 6.25. The summed E-state index contributed by atoms with van der Waals surface area (Å²) in [5.41, 5.74) is 0. The van der Waals surface area contributed by atoms with Crippen molar-refractivity contribution in [2.45, 2.75) is 64.2 Å². The minimum Gasteiger partial charge on any atom is -0.512 e. The molecule has 0 aromatic rings. The minimum atomic E-state index is 0. The van der Waals surface area contributed by atoms with E-state index in [1.54, 1.807) is 0 Å². The van der Waals surface area contributed by atoms with Crippen LogP contribution in [0, 0.1) is 24.7 Å². The smallest absolute Gasteiger partial charge is 0.512 e. The fourth-order valence-corrected chi connectivity index (χ4v) is 1.80. The first-order valence-electron chi connectivity index (χ1n) is 5.86. The first-order valence-corrected chi connectivity index (χ1v) is 5.86. The van der Waals surface area contributed by atoms with Crippen LogP contribution in [0.3, 0.4) is 0 Å². The van der Waals surface area contributed by atoms with Crippen molar-refractivity contribution in [3.63, 3.8) is 0 Å². The van der Waals surface area contributed by atoms with E-state index in [1.807, 2.05) is 0 Å². The topological polar surface area (TPSA) is 23.8 Å². The number of hydrogen-bond acceptors (Lipinski definition) is 1. The molecule has 2 aliphatic rings. The van der Waals surface area contributed by atoms with Gasteiger partial charge in [0.25, 0.3) is 0 Å². The molecule has 0 unspecified atom stereocenters. The minimum absolute atomic E-state index is 0. The van der Waals surface area contributed by atoms with Gasteiger partial charge < -0.3 is 24.7 Å². The molecule has 0 bridgehead atoms. The Bertz CT molecular complexity index is 79.9. The molecule has 2 rings (SSSR count). The predicted molar refractivity (Wildman–Crippen MR) is 59.7 cm³/mol. The normalized spacial score (nSPS) is 19.3. The molecule has 2 aliphatic carbocycles. The van der Waals surface area contributed by atoms with Gasteiger partial charge in [-0.15, -0.1) is 0 Å². The summed E-state index contributed by atoms with van der Waals surface area (Å²) >= 11 is 0. The molecule has 2 heteroatoms. The van der Waals surface area contributed by atoms with Crippen molar-refractivity contribution in [3.05, 3.63) is 19.4 Å². The Hall–Kier alpha value is 0.230. The second-order valence-electron chi connectivity index (χ2n) is 3.85. The van der Waals surface area contributed by atoms with Crippen LogP contribution in [-0.2, 0) is 22.4 Å². The molecular formula is C13H22AuN. The predicted octanol–water partition coefficient (Wildman–Crippen LogP) is 4.40. The van der Waals surface area contributed by atoms with Crippen molar-refractivity contribution in [1.82, 2.24) is 0 Å². The van der Waals surface area contributed by atoms with Gasteiger partial charge in [-0.25, -0.2) is 0 Å². The Balaban J connectivity index is 0. The summed E-state index contributed by atoms with van der Waals surface area (Å²) < 4.78 is 0. The van der Waals surface area contributed by atoms with Crippen LogP contribution in [0.5, 0.6) is 0 Å². The van der Waals surface area contributed by atoms with Crippen molar-refractivity contribution >= 4 is 0 Å². The van der Waals surface area contributed by atoms with Crippen molar-refractivity contribution in [2.75, 3.05) is 0 Å². The van der Waals surface area contributed by atoms with E-state index >= 15 is 0 Å². The van der Waals surface area contributed by atoms with Crippen LogP contribution >= 0.6 is 0 Å². The Morgan fingerprint density at radius 1 is 0.600 bits per heavy atom. The summed E-state index contributed by atoms with van der Waals surface area (Å²) in [6.45, 7) is 4.75. The molecule has 0 saturated heterocycles. The van der Waals surface area contributed by atoms with E-state index in [-0.39, 0.29) is 22.4 Å². The number of nitrogens with zero attached hydrogens (tertiary/aromatic N) is 1. The van der Waals surface area contributed by atoms with Gasteiger partial charge in [-0.1, -0.05) is 38.5 Å². The largest absolute Gasteiger partial charge is 3.00 e. The molecule has 0 radical (unpaired) electrons. The van der Waals surface area contributed by atoms with Crippen molar-refractivity contribution in [2.24, 2.45) is 0 Å². The SMILES string of the molecule is [Au+3].[C-]#N.[CH-]1CCCCC1.[CH-]1CCCCC1. The quantitative estimate of drug-likeness (QED) is 0.445. The zero-order chi connectivity index (χ0) is 10.5. The van der Waals surface area contributed by atoms with Crippen LogP contribution < -0.4 is 0 Å². The molecule has 2 fully saturated rings. The van der Waals surface area contributed by atoms with Crippen molar-refractivity contribution in [3.8, 4) is 0 Å². The molecule has 2 saturated carbocycles. The molecule has 0 aliphatic heterocycles. The Morgan fingerprint density at radius 3 is 0.933 bits per heavy atom. The van der Waals surface area contributed by atoms with Crippen LogP contribution in [0.2, 0.25) is 0 Å². The first kappa shape index (κ1) is 17.6. The molecule has 1 nitrogen and oxygen atoms in total. The van der Waals surface area contributed by atoms with E-state index in [4.69, 9.17) is 11.8 Å². The summed E-state index contributed by atoms with van der Waals surface area (Å²) in [5, 5.41) is 6.25. The van der Waals surface area contributed by atoms with Crippen LogP contribution in [0.15, 0.2) is 0 Å². The molecule has 0 heterocycles. The van der Waals surface area contributed by atoms with Gasteiger partial charge in [-0.2, -0.15) is 25.7 Å². The van der Waals surface area contributed by atoms with Crippen molar-refractivity contribution in [1.29, 1.82) is 5.26 Å². The molecule has 90 valence electrons. The van der Waals surface area contributed by atoms with E-state index in [0.29, 0.717) is 0 Å². The van der Waals surface area contributed by atoms with E-state index in [0.717, 1.165) is 0 Å². The first-order chi connectivity index (χ1) is 7.00. The average Bonchev–Trinajstić information content (AvgIpc) is 2.37. The molecule has 0 N–H and O–H groups in total. The second-order valence-corrected chi connectivity index (χ2v) is 3.85. The Labute approximate surface area is 111 Å². The van der Waals surface area contributed by atoms with Gasteiger partial charge in [0.1, 0.15) is 0 Å². The summed E-state index contributed by atoms with van der Waals surface area (Å²) in [6.07, 6.45) is 19.0. The molecule has 0 aromatic carbocycles. The Morgan fingerprint density at radius 2 is 0.867 bits per heavy atom. The fraction of sp³-hybridized carbons (Fsp3) is 0.769. The standard InChI is InChI=1S/2C6H11.CN.Au/c2*1-2-4-6-5-3-1;1-2;/h2*1H,2-6H2;;/q3*-1;+3. The van der Waals surface area contributed by atoms with Crippen LogP contribution in [0.4, 0.5) is 0 Å². The molecule has 15 heavy (non-hydrogen) atoms. The third-order valence-electron chi connectivity index (χ3n) is 2.63. The van der Waals surface area contributed by atoms with E-state index in [9.17, 15) is 0 Å². The molecular weight excluding hydrogens is 367 g/mol. The molecule has 0 aromatic heterocycles. The second kappa shape index (κ2) is 16.7. The average molecular weight is 389 g/mol. The molecule has 0 amide bonds. The third-order valence-corrected chi connectivity index (χ3v) is 2.63. The summed E-state index contributed by atoms with van der Waals surface area (Å²) in [7, 11) is 0. The monoisotopic (exact) mass is 389 g/mol. The van der Waals surface area contributed by atoms with Crippen LogP contribution in [0.1, 0.15) is 64.2 Å². The zero-order valence-electron chi connectivity index (χ0n) is 9.47. The van der Waals surface area contributed by atoms with E-state index < -0.39 is 0 Å². The Kier molecular flexibility index (Phi) is 19.6. The zero-order valence-corrected chi connectivity index (χ0v) is 11.6. The maximum absolute atomic E-state index is 6.25. The summed E-state index contributed by atoms with van der Waals surface area (Å²) in [5.74, 6) is 0. The fourth-order valence-electron chi connectivity index (χ4n) is 1.80. The van der Waals surface area contributed by atoms with Crippen molar-refractivity contribution < 1.29 is 22.4 Å². The number of rotatable bonds is 0. The van der Waals surface area contributed by atoms with E-state index in [1.165, 1.54) is 64.2 Å². The van der Waals surface area contributed by atoms with Crippen LogP contribution in [-0.4, -0.2) is 0 Å². The summed E-state index contributed by atoms with van der Waals surface area (Å²) in [4.78, 5) is 0. The maximum Gasteiger partial charge on any atom is 3.00 e. The van der Waals surface area contributed by atoms with Gasteiger partial charge in [0.2, 0.25) is 0 Å². The van der Waals surface area contributed by atoms with Gasteiger partial charge >= 0.3 is 22.4 Å². The van der Waals surface area contributed by atoms with Gasteiger partial charge in [0.15, 0.2) is 0 Å². The van der Waals surface area contributed by atoms with Gasteiger partial charge in [0, 0.05) is 0 Å². The molecule has 0 atom stereocenters. The van der Waals surface area contributed by atoms with Gasteiger partial charge in [-0.05, 0) is 0 Å². The third kappa shape index (κ3) is 14.2. The summed E-state index contributed by atoms with van der Waals surface area (Å²) in [6, 6.07) is 0. The van der Waals surface area contributed by atoms with Gasteiger partial charge in [0.05, 0.1) is 0 Å².